The number of para-hydroxylation sites is 1. The molecule has 0 spiro atoms. The molecule has 150 valence electrons. The van der Waals surface area contributed by atoms with Gasteiger partial charge in [-0.25, -0.2) is 4.79 Å². The zero-order valence-electron chi connectivity index (χ0n) is 16.6. The summed E-state index contributed by atoms with van der Waals surface area (Å²) in [4.78, 5) is 41.7. The summed E-state index contributed by atoms with van der Waals surface area (Å²) in [7, 11) is 3.09. The number of hydrogen-bond acceptors (Lipinski definition) is 5. The van der Waals surface area contributed by atoms with Gasteiger partial charge in [0.15, 0.2) is 0 Å². The lowest BCUT2D eigenvalue weighted by Gasteiger charge is -2.46. The summed E-state index contributed by atoms with van der Waals surface area (Å²) in [5.41, 5.74) is 1.10. The van der Waals surface area contributed by atoms with Crippen LogP contribution >= 0.6 is 0 Å². The summed E-state index contributed by atoms with van der Waals surface area (Å²) in [6.07, 6.45) is 0.348. The van der Waals surface area contributed by atoms with E-state index < -0.39 is 11.6 Å². The number of anilines is 1. The van der Waals surface area contributed by atoms with Crippen LogP contribution in [0.25, 0.3) is 0 Å². The molecule has 7 heteroatoms. The Morgan fingerprint density at radius 1 is 1.17 bits per heavy atom. The molecule has 2 heterocycles. The second-order valence-electron chi connectivity index (χ2n) is 7.32. The third-order valence-corrected chi connectivity index (χ3v) is 5.66. The number of methoxy groups -OCH3 is 1. The number of benzene rings is 2. The predicted molar refractivity (Wildman–Crippen MR) is 106 cm³/mol. The van der Waals surface area contributed by atoms with Crippen LogP contribution in [0.3, 0.4) is 0 Å². The van der Waals surface area contributed by atoms with Gasteiger partial charge in [-0.2, -0.15) is 0 Å². The molecule has 2 aromatic carbocycles. The molecule has 0 bridgehead atoms. The lowest BCUT2D eigenvalue weighted by atomic mass is 9.97. The number of aryl methyl sites for hydroxylation is 1. The molecular weight excluding hydrogens is 372 g/mol. The second kappa shape index (κ2) is 6.92. The number of fused-ring (bicyclic) bond motifs is 3. The molecule has 2 aliphatic rings. The molecule has 1 fully saturated rings. The first-order valence-electron chi connectivity index (χ1n) is 9.41. The molecule has 0 unspecified atom stereocenters. The van der Waals surface area contributed by atoms with Crippen LogP contribution in [0, 0.1) is 6.92 Å². The van der Waals surface area contributed by atoms with Gasteiger partial charge in [-0.1, -0.05) is 23.8 Å². The molecule has 2 aliphatic heterocycles. The van der Waals surface area contributed by atoms with Crippen molar-refractivity contribution < 1.29 is 23.9 Å². The van der Waals surface area contributed by atoms with Crippen LogP contribution in [0.2, 0.25) is 0 Å². The van der Waals surface area contributed by atoms with E-state index in [-0.39, 0.29) is 31.3 Å². The number of rotatable bonds is 4. The van der Waals surface area contributed by atoms with E-state index in [1.165, 1.54) is 9.80 Å². The topological polar surface area (TPSA) is 76.1 Å². The number of carbonyl (C=O) groups is 3. The molecule has 0 aliphatic carbocycles. The third-order valence-electron chi connectivity index (χ3n) is 5.66. The highest BCUT2D eigenvalue weighted by molar-refractivity contribution is 6.15. The Morgan fingerprint density at radius 3 is 2.69 bits per heavy atom. The van der Waals surface area contributed by atoms with Gasteiger partial charge >= 0.3 is 5.97 Å². The molecule has 29 heavy (non-hydrogen) atoms. The monoisotopic (exact) mass is 394 g/mol. The van der Waals surface area contributed by atoms with Gasteiger partial charge in [-0.15, -0.1) is 0 Å². The maximum atomic E-state index is 13.3. The summed E-state index contributed by atoms with van der Waals surface area (Å²) < 4.78 is 11.0. The maximum Gasteiger partial charge on any atom is 0.354 e. The van der Waals surface area contributed by atoms with Crippen molar-refractivity contribution in [3.63, 3.8) is 0 Å². The number of carbonyl (C=O) groups excluding carboxylic acids is 3. The van der Waals surface area contributed by atoms with E-state index in [9.17, 15) is 14.4 Å². The molecule has 2 aromatic rings. The van der Waals surface area contributed by atoms with Crippen molar-refractivity contribution in [3.8, 4) is 5.75 Å². The number of esters is 1. The molecule has 1 saturated heterocycles. The van der Waals surface area contributed by atoms with Crippen LogP contribution in [0.4, 0.5) is 5.69 Å². The Labute approximate surface area is 168 Å². The van der Waals surface area contributed by atoms with Gasteiger partial charge in [0, 0.05) is 25.5 Å². The van der Waals surface area contributed by atoms with Crippen molar-refractivity contribution in [1.82, 2.24) is 4.90 Å². The lowest BCUT2D eigenvalue weighted by molar-refractivity contribution is -0.157. The molecule has 0 saturated carbocycles. The fourth-order valence-electron chi connectivity index (χ4n) is 4.17. The fourth-order valence-corrected chi connectivity index (χ4v) is 4.17. The average Bonchev–Trinajstić information content (AvgIpc) is 3.09. The van der Waals surface area contributed by atoms with Gasteiger partial charge in [-0.3, -0.25) is 14.5 Å². The average molecular weight is 394 g/mol. The molecule has 2 amide bonds. The highest BCUT2D eigenvalue weighted by Gasteiger charge is 2.60. The van der Waals surface area contributed by atoms with E-state index >= 15 is 0 Å². The normalized spacial score (nSPS) is 20.4. The quantitative estimate of drug-likeness (QED) is 0.746. The second-order valence-corrected chi connectivity index (χ2v) is 7.32. The largest absolute Gasteiger partial charge is 0.496 e. The molecular formula is C22H22N2O5. The number of amides is 2. The fraction of sp³-hybridized carbons (Fsp3) is 0.318. The molecule has 7 nitrogen and oxygen atoms in total. The standard InChI is InChI=1S/C22H22N2O5/c1-14-8-9-18(28-3)15(12-14)13-29-21(27)22-11-10-19(25)24(22)17-7-5-4-6-16(17)20(26)23(22)2/h4-9,12H,10-11,13H2,1-3H3/t22-/m1/s1. The van der Waals surface area contributed by atoms with E-state index in [1.54, 1.807) is 38.4 Å². The van der Waals surface area contributed by atoms with Crippen LogP contribution in [-0.4, -0.2) is 42.5 Å². The van der Waals surface area contributed by atoms with Gasteiger partial charge < -0.3 is 14.4 Å². The SMILES string of the molecule is COc1ccc(C)cc1COC(=O)[C@@]12CCC(=O)N1c1ccccc1C(=O)N2C. The van der Waals surface area contributed by atoms with Crippen LogP contribution in [0.15, 0.2) is 42.5 Å². The Hall–Kier alpha value is -3.35. The number of likely N-dealkylation sites (N-methyl/N-ethyl adjacent to an activating group) is 1. The van der Waals surface area contributed by atoms with Crippen molar-refractivity contribution in [2.75, 3.05) is 19.1 Å². The van der Waals surface area contributed by atoms with Crippen LogP contribution in [-0.2, 0) is 20.9 Å². The zero-order valence-corrected chi connectivity index (χ0v) is 16.6. The molecule has 4 rings (SSSR count). The van der Waals surface area contributed by atoms with Crippen molar-refractivity contribution in [2.24, 2.45) is 0 Å². The van der Waals surface area contributed by atoms with Gasteiger partial charge in [0.2, 0.25) is 11.6 Å². The molecule has 0 radical (unpaired) electrons. The smallest absolute Gasteiger partial charge is 0.354 e. The van der Waals surface area contributed by atoms with Crippen molar-refractivity contribution >= 4 is 23.5 Å². The Kier molecular flexibility index (Phi) is 4.53. The van der Waals surface area contributed by atoms with Crippen LogP contribution in [0.1, 0.15) is 34.3 Å². The third kappa shape index (κ3) is 2.76. The van der Waals surface area contributed by atoms with Crippen molar-refractivity contribution in [3.05, 3.63) is 59.2 Å². The van der Waals surface area contributed by atoms with Crippen LogP contribution < -0.4 is 9.64 Å². The summed E-state index contributed by atoms with van der Waals surface area (Å²) >= 11 is 0. The molecule has 0 N–H and O–H groups in total. The minimum atomic E-state index is -1.47. The van der Waals surface area contributed by atoms with E-state index in [4.69, 9.17) is 9.47 Å². The summed E-state index contributed by atoms with van der Waals surface area (Å²) in [6.45, 7) is 1.92. The molecule has 0 aromatic heterocycles. The lowest BCUT2D eigenvalue weighted by Crippen LogP contribution is -2.67. The van der Waals surface area contributed by atoms with Crippen molar-refractivity contribution in [2.45, 2.75) is 32.0 Å². The first-order valence-corrected chi connectivity index (χ1v) is 9.41. The van der Waals surface area contributed by atoms with E-state index in [0.29, 0.717) is 17.0 Å². The highest BCUT2D eigenvalue weighted by atomic mass is 16.5. The maximum absolute atomic E-state index is 13.3. The predicted octanol–water partition coefficient (Wildman–Crippen LogP) is 2.66. The minimum absolute atomic E-state index is 0.0167. The number of ether oxygens (including phenoxy) is 2. The Bertz CT molecular complexity index is 1020. The molecule has 1 atom stereocenters. The highest BCUT2D eigenvalue weighted by Crippen LogP contribution is 2.44. The van der Waals surface area contributed by atoms with Gasteiger partial charge in [-0.05, 0) is 31.2 Å². The number of nitrogens with zero attached hydrogens (tertiary/aromatic N) is 2. The summed E-state index contributed by atoms with van der Waals surface area (Å²) in [6, 6.07) is 12.4. The minimum Gasteiger partial charge on any atom is -0.496 e. The van der Waals surface area contributed by atoms with Crippen molar-refractivity contribution in [1.29, 1.82) is 0 Å². The van der Waals surface area contributed by atoms with E-state index in [0.717, 1.165) is 11.1 Å². The van der Waals surface area contributed by atoms with E-state index in [2.05, 4.69) is 0 Å². The summed E-state index contributed by atoms with van der Waals surface area (Å²) in [5.74, 6) is -0.533. The number of hydrogen-bond donors (Lipinski definition) is 0. The van der Waals surface area contributed by atoms with Gasteiger partial charge in [0.05, 0.1) is 18.4 Å². The zero-order chi connectivity index (χ0) is 20.8. The van der Waals surface area contributed by atoms with Gasteiger partial charge in [0.1, 0.15) is 12.4 Å². The Morgan fingerprint density at radius 2 is 1.93 bits per heavy atom. The van der Waals surface area contributed by atoms with Crippen LogP contribution in [0.5, 0.6) is 5.75 Å². The van der Waals surface area contributed by atoms with E-state index in [1.807, 2.05) is 25.1 Å². The van der Waals surface area contributed by atoms with Gasteiger partial charge in [0.25, 0.3) is 5.91 Å². The first-order chi connectivity index (χ1) is 13.9. The Balaban J connectivity index is 1.69. The summed E-state index contributed by atoms with van der Waals surface area (Å²) in [5, 5.41) is 0. The first kappa shape index (κ1) is 19.0.